The minimum atomic E-state index is -0.0511. The van der Waals surface area contributed by atoms with Crippen molar-refractivity contribution in [2.24, 2.45) is 0 Å². The van der Waals surface area contributed by atoms with Gasteiger partial charge in [-0.3, -0.25) is 9.89 Å². The summed E-state index contributed by atoms with van der Waals surface area (Å²) in [7, 11) is 0. The highest BCUT2D eigenvalue weighted by Gasteiger charge is 2.31. The lowest BCUT2D eigenvalue weighted by Gasteiger charge is -2.33. The molecule has 1 fully saturated rings. The van der Waals surface area contributed by atoms with E-state index >= 15 is 0 Å². The zero-order valence-corrected chi connectivity index (χ0v) is 12.0. The molecule has 1 amide bonds. The second-order valence-corrected chi connectivity index (χ2v) is 5.47. The number of likely N-dealkylation sites (tertiary alicyclic amines) is 1. The Kier molecular flexibility index (Phi) is 3.10. The van der Waals surface area contributed by atoms with Crippen molar-refractivity contribution in [1.29, 1.82) is 0 Å². The molecule has 4 heterocycles. The average Bonchev–Trinajstić information content (AvgIpc) is 3.23. The number of H-pyrrole nitrogens is 1. The second kappa shape index (κ2) is 5.25. The molecule has 0 radical (unpaired) electrons. The van der Waals surface area contributed by atoms with E-state index in [0.29, 0.717) is 5.69 Å². The average molecular weight is 296 g/mol. The van der Waals surface area contributed by atoms with Crippen LogP contribution >= 0.6 is 0 Å². The van der Waals surface area contributed by atoms with Crippen LogP contribution in [0.15, 0.2) is 36.9 Å². The van der Waals surface area contributed by atoms with Crippen LogP contribution in [-0.4, -0.2) is 41.9 Å². The molecule has 4 rings (SSSR count). The number of aromatic amines is 1. The molecular weight excluding hydrogens is 280 g/mol. The fourth-order valence-corrected chi connectivity index (χ4v) is 3.02. The highest BCUT2D eigenvalue weighted by atomic mass is 16.2. The van der Waals surface area contributed by atoms with Crippen molar-refractivity contribution in [1.82, 2.24) is 29.5 Å². The normalized spacial score (nSPS) is 18.7. The number of piperidine rings is 1. The summed E-state index contributed by atoms with van der Waals surface area (Å²) in [6.45, 7) is 0.720. The van der Waals surface area contributed by atoms with Gasteiger partial charge in [0.1, 0.15) is 23.5 Å². The van der Waals surface area contributed by atoms with E-state index in [1.165, 1.54) is 6.33 Å². The number of pyridine rings is 1. The number of aromatic nitrogens is 5. The summed E-state index contributed by atoms with van der Waals surface area (Å²) in [6.07, 6.45) is 8.14. The number of nitrogens with zero attached hydrogens (tertiary/aromatic N) is 5. The third-order valence-corrected chi connectivity index (χ3v) is 4.10. The number of rotatable bonds is 2. The van der Waals surface area contributed by atoms with E-state index in [4.69, 9.17) is 0 Å². The maximum absolute atomic E-state index is 12.9. The zero-order valence-electron chi connectivity index (χ0n) is 12.0. The topological polar surface area (TPSA) is 79.2 Å². The van der Waals surface area contributed by atoms with Crippen LogP contribution in [0.5, 0.6) is 0 Å². The molecule has 1 aliphatic heterocycles. The first-order valence-electron chi connectivity index (χ1n) is 7.43. The van der Waals surface area contributed by atoms with Crippen LogP contribution < -0.4 is 0 Å². The van der Waals surface area contributed by atoms with Crippen LogP contribution in [0.3, 0.4) is 0 Å². The van der Waals surface area contributed by atoms with Crippen molar-refractivity contribution in [3.63, 3.8) is 0 Å². The van der Waals surface area contributed by atoms with Crippen molar-refractivity contribution < 1.29 is 4.79 Å². The number of nitrogens with one attached hydrogen (secondary N) is 1. The third kappa shape index (κ3) is 2.14. The number of amides is 1. The van der Waals surface area contributed by atoms with Gasteiger partial charge in [0, 0.05) is 18.9 Å². The summed E-state index contributed by atoms with van der Waals surface area (Å²) in [5.41, 5.74) is 1.25. The van der Waals surface area contributed by atoms with Crippen molar-refractivity contribution in [3.8, 4) is 0 Å². The van der Waals surface area contributed by atoms with E-state index in [1.54, 1.807) is 6.20 Å². The summed E-state index contributed by atoms with van der Waals surface area (Å²) in [6, 6.07) is 5.67. The quantitative estimate of drug-likeness (QED) is 0.782. The van der Waals surface area contributed by atoms with E-state index in [1.807, 2.05) is 33.7 Å². The summed E-state index contributed by atoms with van der Waals surface area (Å²) < 4.78 is 1.86. The zero-order chi connectivity index (χ0) is 14.9. The number of hydrogen-bond donors (Lipinski definition) is 1. The molecule has 3 aromatic rings. The largest absolute Gasteiger partial charge is 0.327 e. The predicted octanol–water partition coefficient (Wildman–Crippen LogP) is 1.82. The van der Waals surface area contributed by atoms with Gasteiger partial charge in [-0.2, -0.15) is 5.10 Å². The molecule has 0 saturated carbocycles. The van der Waals surface area contributed by atoms with Gasteiger partial charge in [0.25, 0.3) is 5.91 Å². The van der Waals surface area contributed by atoms with E-state index in [9.17, 15) is 4.79 Å². The van der Waals surface area contributed by atoms with Crippen LogP contribution in [-0.2, 0) is 0 Å². The predicted molar refractivity (Wildman–Crippen MR) is 79.2 cm³/mol. The molecule has 0 aliphatic carbocycles. The summed E-state index contributed by atoms with van der Waals surface area (Å²) in [5, 5.41) is 6.79. The fraction of sp³-hybridized carbons (Fsp3) is 0.333. The third-order valence-electron chi connectivity index (χ3n) is 4.10. The Morgan fingerprint density at radius 3 is 3.09 bits per heavy atom. The van der Waals surface area contributed by atoms with Crippen LogP contribution in [0.1, 0.15) is 41.6 Å². The lowest BCUT2D eigenvalue weighted by molar-refractivity contribution is 0.0595. The Bertz CT molecular complexity index is 760. The monoisotopic (exact) mass is 296 g/mol. The lowest BCUT2D eigenvalue weighted by Crippen LogP contribution is -2.39. The van der Waals surface area contributed by atoms with Crippen LogP contribution in [0.4, 0.5) is 0 Å². The van der Waals surface area contributed by atoms with Gasteiger partial charge in [-0.25, -0.2) is 9.97 Å². The molecule has 0 aromatic carbocycles. The highest BCUT2D eigenvalue weighted by molar-refractivity contribution is 5.93. The number of carbonyl (C=O) groups excluding carboxylic acids is 1. The van der Waals surface area contributed by atoms with E-state index < -0.39 is 0 Å². The number of fused-ring (bicyclic) bond motifs is 1. The van der Waals surface area contributed by atoms with Crippen molar-refractivity contribution in [2.45, 2.75) is 25.3 Å². The summed E-state index contributed by atoms with van der Waals surface area (Å²) >= 11 is 0. The number of hydrogen-bond acceptors (Lipinski definition) is 4. The van der Waals surface area contributed by atoms with Gasteiger partial charge < -0.3 is 9.30 Å². The smallest absolute Gasteiger partial charge is 0.274 e. The molecule has 1 N–H and O–H groups in total. The maximum atomic E-state index is 12.9. The molecule has 3 aromatic heterocycles. The standard InChI is InChI=1S/C15H16N6O/c22-15(11-9-20-7-3-2-6-13(20)18-11)21-8-4-1-5-12(21)14-16-10-17-19-14/h2-3,6-7,9-10,12H,1,4-5,8H2,(H,16,17,19)/t12-/m0/s1. The molecule has 0 bridgehead atoms. The van der Waals surface area contributed by atoms with E-state index in [-0.39, 0.29) is 11.9 Å². The van der Waals surface area contributed by atoms with Gasteiger partial charge in [-0.05, 0) is 31.4 Å². The van der Waals surface area contributed by atoms with Crippen LogP contribution in [0.25, 0.3) is 5.65 Å². The van der Waals surface area contributed by atoms with Crippen molar-refractivity contribution >= 4 is 11.6 Å². The Morgan fingerprint density at radius 2 is 2.27 bits per heavy atom. The first-order valence-corrected chi connectivity index (χ1v) is 7.43. The Hall–Kier alpha value is -2.70. The number of carbonyl (C=O) groups is 1. The first-order chi connectivity index (χ1) is 10.8. The molecule has 112 valence electrons. The highest BCUT2D eigenvalue weighted by Crippen LogP contribution is 2.29. The Balaban J connectivity index is 1.67. The molecule has 7 nitrogen and oxygen atoms in total. The fourth-order valence-electron chi connectivity index (χ4n) is 3.02. The van der Waals surface area contributed by atoms with Gasteiger partial charge in [0.15, 0.2) is 0 Å². The van der Waals surface area contributed by atoms with Gasteiger partial charge in [-0.1, -0.05) is 6.07 Å². The maximum Gasteiger partial charge on any atom is 0.274 e. The summed E-state index contributed by atoms with van der Waals surface area (Å²) in [5.74, 6) is 0.696. The van der Waals surface area contributed by atoms with Crippen LogP contribution in [0, 0.1) is 0 Å². The van der Waals surface area contributed by atoms with E-state index in [2.05, 4.69) is 20.2 Å². The molecule has 1 saturated heterocycles. The lowest BCUT2D eigenvalue weighted by atomic mass is 10.0. The van der Waals surface area contributed by atoms with Gasteiger partial charge in [0.05, 0.1) is 6.04 Å². The SMILES string of the molecule is O=C(c1cn2ccccc2n1)N1CCCC[C@H]1c1ncn[nH]1. The Labute approximate surface area is 127 Å². The molecular formula is C15H16N6O. The van der Waals surface area contributed by atoms with Gasteiger partial charge in [-0.15, -0.1) is 0 Å². The molecule has 1 atom stereocenters. The van der Waals surface area contributed by atoms with Gasteiger partial charge in [0.2, 0.25) is 0 Å². The molecule has 22 heavy (non-hydrogen) atoms. The van der Waals surface area contributed by atoms with Crippen molar-refractivity contribution in [2.75, 3.05) is 6.54 Å². The summed E-state index contributed by atoms with van der Waals surface area (Å²) in [4.78, 5) is 23.4. The van der Waals surface area contributed by atoms with Gasteiger partial charge >= 0.3 is 0 Å². The molecule has 1 aliphatic rings. The molecule has 0 spiro atoms. The Morgan fingerprint density at radius 1 is 1.32 bits per heavy atom. The minimum absolute atomic E-state index is 0.0476. The minimum Gasteiger partial charge on any atom is -0.327 e. The van der Waals surface area contributed by atoms with Crippen molar-refractivity contribution in [3.05, 3.63) is 48.4 Å². The van der Waals surface area contributed by atoms with E-state index in [0.717, 1.165) is 37.3 Å². The second-order valence-electron chi connectivity index (χ2n) is 5.47. The molecule has 7 heteroatoms. The van der Waals surface area contributed by atoms with Crippen LogP contribution in [0.2, 0.25) is 0 Å². The molecule has 0 unspecified atom stereocenters. The first kappa shape index (κ1) is 13.0. The number of imidazole rings is 1.